The second-order valence-electron chi connectivity index (χ2n) is 3.57. The van der Waals surface area contributed by atoms with E-state index in [1.165, 1.54) is 6.33 Å². The van der Waals surface area contributed by atoms with Gasteiger partial charge in [0.25, 0.3) is 0 Å². The number of nitrogens with one attached hydrogen (secondary N) is 2. The van der Waals surface area contributed by atoms with Crippen LogP contribution in [0.15, 0.2) is 11.1 Å². The maximum Gasteiger partial charge on any atom is 0.328 e. The Hall–Kier alpha value is -1.89. The van der Waals surface area contributed by atoms with Crippen molar-refractivity contribution in [3.63, 3.8) is 0 Å². The highest BCUT2D eigenvalue weighted by molar-refractivity contribution is 5.81. The summed E-state index contributed by atoms with van der Waals surface area (Å²) in [5.74, 6) is 0.308. The molecule has 1 saturated heterocycles. The average Bonchev–Trinajstić information content (AvgIpc) is 2.44. The molecule has 0 bridgehead atoms. The number of nitrogens with zero attached hydrogens (tertiary/aromatic N) is 3. The Morgan fingerprint density at radius 3 is 2.93 bits per heavy atom. The number of anilines is 1. The third-order valence-electron chi connectivity index (χ3n) is 2.66. The molecule has 2 aromatic rings. The molecule has 7 nitrogen and oxygen atoms in total. The number of hydrogen-bond acceptors (Lipinski definition) is 5. The van der Waals surface area contributed by atoms with Gasteiger partial charge in [0, 0.05) is 13.1 Å². The van der Waals surface area contributed by atoms with E-state index < -0.39 is 0 Å². The van der Waals surface area contributed by atoms with Crippen molar-refractivity contribution in [2.75, 3.05) is 18.8 Å². The lowest BCUT2D eigenvalue weighted by molar-refractivity contribution is 0.342. The minimum Gasteiger partial charge on any atom is -0.382 e. The Morgan fingerprint density at radius 2 is 2.27 bits per heavy atom. The molecule has 0 aromatic carbocycles. The lowest BCUT2D eigenvalue weighted by Gasteiger charge is -2.27. The van der Waals surface area contributed by atoms with Gasteiger partial charge in [-0.3, -0.25) is 4.57 Å². The summed E-state index contributed by atoms with van der Waals surface area (Å²) in [5, 5.41) is 3.11. The quantitative estimate of drug-likeness (QED) is 0.546. The van der Waals surface area contributed by atoms with Crippen LogP contribution in [0, 0.1) is 0 Å². The molecule has 7 heteroatoms. The maximum atomic E-state index is 11.7. The molecule has 1 fully saturated rings. The topological polar surface area (TPSA) is 102 Å². The van der Waals surface area contributed by atoms with Crippen molar-refractivity contribution in [2.24, 2.45) is 0 Å². The molecule has 0 atom stereocenters. The first-order valence-electron chi connectivity index (χ1n) is 4.69. The van der Waals surface area contributed by atoms with E-state index in [0.717, 1.165) is 13.1 Å². The van der Waals surface area contributed by atoms with Crippen molar-refractivity contribution in [3.05, 3.63) is 16.8 Å². The Labute approximate surface area is 84.3 Å². The molecule has 3 rings (SSSR count). The second-order valence-corrected chi connectivity index (χ2v) is 3.57. The lowest BCUT2D eigenvalue weighted by Crippen LogP contribution is -2.46. The highest BCUT2D eigenvalue weighted by Gasteiger charge is 2.24. The van der Waals surface area contributed by atoms with Crippen LogP contribution < -0.4 is 16.7 Å². The summed E-state index contributed by atoms with van der Waals surface area (Å²) < 4.78 is 1.63. The molecular weight excluding hydrogens is 196 g/mol. The summed E-state index contributed by atoms with van der Waals surface area (Å²) in [6, 6.07) is 0.167. The van der Waals surface area contributed by atoms with Crippen molar-refractivity contribution in [3.8, 4) is 0 Å². The largest absolute Gasteiger partial charge is 0.382 e. The average molecular weight is 206 g/mol. The monoisotopic (exact) mass is 206 g/mol. The molecule has 0 aliphatic carbocycles. The Kier molecular flexibility index (Phi) is 1.57. The fraction of sp³-hybridized carbons (Fsp3) is 0.375. The number of hydrogen-bond donors (Lipinski definition) is 3. The highest BCUT2D eigenvalue weighted by atomic mass is 16.1. The van der Waals surface area contributed by atoms with E-state index in [9.17, 15) is 4.79 Å². The van der Waals surface area contributed by atoms with Crippen LogP contribution in [0.4, 0.5) is 5.82 Å². The first kappa shape index (κ1) is 8.42. The molecule has 15 heavy (non-hydrogen) atoms. The SMILES string of the molecule is Nc1ncnc2c1[nH]c(=O)n2C1CNC1. The number of aromatic nitrogens is 4. The predicted molar refractivity (Wildman–Crippen MR) is 54.5 cm³/mol. The molecule has 0 radical (unpaired) electrons. The van der Waals surface area contributed by atoms with Gasteiger partial charge in [-0.15, -0.1) is 0 Å². The van der Waals surface area contributed by atoms with Crippen LogP contribution >= 0.6 is 0 Å². The summed E-state index contributed by atoms with van der Waals surface area (Å²) in [6.07, 6.45) is 1.37. The Balaban J connectivity index is 2.32. The van der Waals surface area contributed by atoms with Gasteiger partial charge in [-0.05, 0) is 0 Å². The summed E-state index contributed by atoms with van der Waals surface area (Å²) >= 11 is 0. The van der Waals surface area contributed by atoms with Gasteiger partial charge in [0.15, 0.2) is 11.5 Å². The molecular formula is C8H10N6O. The van der Waals surface area contributed by atoms with Crippen molar-refractivity contribution >= 4 is 17.0 Å². The smallest absolute Gasteiger partial charge is 0.328 e. The number of H-pyrrole nitrogens is 1. The van der Waals surface area contributed by atoms with E-state index in [1.807, 2.05) is 0 Å². The highest BCUT2D eigenvalue weighted by Crippen LogP contribution is 2.17. The maximum absolute atomic E-state index is 11.7. The molecule has 4 N–H and O–H groups in total. The molecule has 78 valence electrons. The number of fused-ring (bicyclic) bond motifs is 1. The Morgan fingerprint density at radius 1 is 1.47 bits per heavy atom. The van der Waals surface area contributed by atoms with Crippen LogP contribution in [0.1, 0.15) is 6.04 Å². The minimum absolute atomic E-state index is 0.167. The van der Waals surface area contributed by atoms with E-state index in [1.54, 1.807) is 4.57 Å². The molecule has 0 amide bonds. The van der Waals surface area contributed by atoms with Gasteiger partial charge in [0.2, 0.25) is 0 Å². The van der Waals surface area contributed by atoms with Crippen LogP contribution in [0.5, 0.6) is 0 Å². The van der Waals surface area contributed by atoms with Gasteiger partial charge in [-0.25, -0.2) is 14.8 Å². The van der Waals surface area contributed by atoms with E-state index in [2.05, 4.69) is 20.3 Å². The summed E-state index contributed by atoms with van der Waals surface area (Å²) in [4.78, 5) is 22.3. The molecule has 3 heterocycles. The van der Waals surface area contributed by atoms with E-state index in [-0.39, 0.29) is 11.7 Å². The number of nitrogens with two attached hydrogens (primary N) is 1. The Bertz CT molecular complexity index is 566. The lowest BCUT2D eigenvalue weighted by atomic mass is 10.2. The molecule has 1 aliphatic rings. The zero-order valence-electron chi connectivity index (χ0n) is 7.90. The summed E-state index contributed by atoms with van der Waals surface area (Å²) in [6.45, 7) is 1.58. The van der Waals surface area contributed by atoms with Gasteiger partial charge in [-0.2, -0.15) is 0 Å². The van der Waals surface area contributed by atoms with Gasteiger partial charge in [0.05, 0.1) is 6.04 Å². The van der Waals surface area contributed by atoms with Gasteiger partial charge >= 0.3 is 5.69 Å². The van der Waals surface area contributed by atoms with E-state index >= 15 is 0 Å². The zero-order valence-corrected chi connectivity index (χ0v) is 7.90. The number of imidazole rings is 1. The summed E-state index contributed by atoms with van der Waals surface area (Å²) in [7, 11) is 0. The van der Waals surface area contributed by atoms with Gasteiger partial charge < -0.3 is 16.0 Å². The number of nitrogen functional groups attached to an aromatic ring is 1. The fourth-order valence-corrected chi connectivity index (χ4v) is 1.75. The van der Waals surface area contributed by atoms with Crippen molar-refractivity contribution < 1.29 is 0 Å². The predicted octanol–water partition coefficient (Wildman–Crippen LogP) is -1.15. The number of rotatable bonds is 1. The first-order valence-corrected chi connectivity index (χ1v) is 4.69. The molecule has 2 aromatic heterocycles. The fourth-order valence-electron chi connectivity index (χ4n) is 1.75. The van der Waals surface area contributed by atoms with Gasteiger partial charge in [-0.1, -0.05) is 0 Å². The molecule has 1 aliphatic heterocycles. The van der Waals surface area contributed by atoms with Crippen LogP contribution in [-0.2, 0) is 0 Å². The van der Waals surface area contributed by atoms with Crippen molar-refractivity contribution in [2.45, 2.75) is 6.04 Å². The molecule has 0 spiro atoms. The van der Waals surface area contributed by atoms with Crippen LogP contribution in [0.25, 0.3) is 11.2 Å². The van der Waals surface area contributed by atoms with Crippen molar-refractivity contribution in [1.29, 1.82) is 0 Å². The van der Waals surface area contributed by atoms with E-state index in [4.69, 9.17) is 5.73 Å². The second kappa shape index (κ2) is 2.80. The van der Waals surface area contributed by atoms with E-state index in [0.29, 0.717) is 17.0 Å². The van der Waals surface area contributed by atoms with Crippen LogP contribution in [0.2, 0.25) is 0 Å². The number of aromatic amines is 1. The van der Waals surface area contributed by atoms with Crippen LogP contribution in [-0.4, -0.2) is 32.6 Å². The zero-order chi connectivity index (χ0) is 10.4. The minimum atomic E-state index is -0.177. The first-order chi connectivity index (χ1) is 7.27. The van der Waals surface area contributed by atoms with Crippen LogP contribution in [0.3, 0.4) is 0 Å². The molecule has 0 saturated carbocycles. The standard InChI is InChI=1S/C8H10N6O/c9-6-5-7(12-3-11-6)14(8(15)13-5)4-1-10-2-4/h3-4,10H,1-2H2,(H,13,15)(H2,9,11,12). The normalized spacial score (nSPS) is 16.8. The third-order valence-corrected chi connectivity index (χ3v) is 2.66. The molecule has 0 unspecified atom stereocenters. The van der Waals surface area contributed by atoms with Gasteiger partial charge in [0.1, 0.15) is 11.8 Å². The third kappa shape index (κ3) is 1.06. The summed E-state index contributed by atoms with van der Waals surface area (Å²) in [5.41, 5.74) is 6.58. The van der Waals surface area contributed by atoms with Crippen molar-refractivity contribution in [1.82, 2.24) is 24.8 Å².